The Labute approximate surface area is 372 Å². The Morgan fingerprint density at radius 2 is 0.883 bits per heavy atom. The predicted octanol–water partition coefficient (Wildman–Crippen LogP) is 15.5. The molecule has 60 heavy (non-hydrogen) atoms. The number of hydrogen-bond acceptors (Lipinski definition) is 5. The highest BCUT2D eigenvalue weighted by Gasteiger charge is 2.23. The van der Waals surface area contributed by atoms with Crippen LogP contribution in [0.25, 0.3) is 0 Å². The number of esters is 1. The van der Waals surface area contributed by atoms with Crippen molar-refractivity contribution in [2.45, 2.75) is 277 Å². The lowest BCUT2D eigenvalue weighted by molar-refractivity contribution is -0.150. The van der Waals surface area contributed by atoms with E-state index in [1.54, 1.807) is 0 Å². The first kappa shape index (κ1) is 57.8. The third-order valence-electron chi connectivity index (χ3n) is 11.7. The van der Waals surface area contributed by atoms with Gasteiger partial charge in [0.15, 0.2) is 0 Å². The Balaban J connectivity index is 4.68. The highest BCUT2D eigenvalue weighted by atomic mass is 16.5. The van der Waals surface area contributed by atoms with Gasteiger partial charge in [-0.3, -0.25) is 9.59 Å². The maximum atomic E-state index is 13.2. The predicted molar refractivity (Wildman–Crippen MR) is 259 cm³/mol. The van der Waals surface area contributed by atoms with E-state index in [4.69, 9.17) is 4.74 Å². The maximum Gasteiger partial charge on any atom is 0.306 e. The Kier molecular flexibility index (Phi) is 46.1. The maximum absolute atomic E-state index is 13.2. The zero-order valence-electron chi connectivity index (χ0n) is 39.8. The fourth-order valence-corrected chi connectivity index (χ4v) is 7.70. The van der Waals surface area contributed by atoms with Crippen LogP contribution in [-0.2, 0) is 14.3 Å². The topological polar surface area (TPSA) is 95.9 Å². The summed E-state index contributed by atoms with van der Waals surface area (Å²) in [6.07, 6.45) is 57.6. The summed E-state index contributed by atoms with van der Waals surface area (Å²) in [6, 6.07) is -0.728. The van der Waals surface area contributed by atoms with Crippen LogP contribution in [0.3, 0.4) is 0 Å². The summed E-state index contributed by atoms with van der Waals surface area (Å²) >= 11 is 0. The van der Waals surface area contributed by atoms with Gasteiger partial charge in [0.1, 0.15) is 6.10 Å². The van der Waals surface area contributed by atoms with Crippen LogP contribution >= 0.6 is 0 Å². The zero-order chi connectivity index (χ0) is 43.8. The number of allylic oxidation sites excluding steroid dienone is 7. The standard InChI is InChI=1S/C54H99NO5/c1-4-7-10-13-16-19-22-24-26-28-30-32-35-38-41-44-47-54(59)60-50(45-42-39-36-33-31-29-27-25-23-20-17-14-11-8-5-2)48-53(58)55-51(49-56)52(57)46-43-40-37-34-21-18-15-12-9-6-3/h17,20,25,27,31,33,39,42,50-52,56-57H,4-16,18-19,21-24,26,28-30,32,34-38,40-41,43-49H2,1-3H3,(H,55,58)/b20-17-,27-25-,33-31-,42-39-. The van der Waals surface area contributed by atoms with Gasteiger partial charge in [-0.25, -0.2) is 0 Å². The zero-order valence-corrected chi connectivity index (χ0v) is 39.8. The molecule has 0 aliphatic rings. The largest absolute Gasteiger partial charge is 0.461 e. The third kappa shape index (κ3) is 42.5. The second-order valence-electron chi connectivity index (χ2n) is 17.6. The number of rotatable bonds is 46. The monoisotopic (exact) mass is 842 g/mol. The third-order valence-corrected chi connectivity index (χ3v) is 11.7. The average Bonchev–Trinajstić information content (AvgIpc) is 3.24. The van der Waals surface area contributed by atoms with E-state index >= 15 is 0 Å². The molecule has 3 atom stereocenters. The molecule has 0 aliphatic heterocycles. The lowest BCUT2D eigenvalue weighted by Crippen LogP contribution is -2.46. The van der Waals surface area contributed by atoms with Gasteiger partial charge >= 0.3 is 5.97 Å². The Hall–Kier alpha value is -2.18. The fourth-order valence-electron chi connectivity index (χ4n) is 7.70. The van der Waals surface area contributed by atoms with E-state index in [1.165, 1.54) is 154 Å². The van der Waals surface area contributed by atoms with Crippen LogP contribution in [0.2, 0.25) is 0 Å². The van der Waals surface area contributed by atoms with Gasteiger partial charge in [0.25, 0.3) is 0 Å². The Morgan fingerprint density at radius 1 is 0.500 bits per heavy atom. The van der Waals surface area contributed by atoms with E-state index in [2.05, 4.69) is 68.6 Å². The molecule has 3 N–H and O–H groups in total. The van der Waals surface area contributed by atoms with Gasteiger partial charge in [0.2, 0.25) is 5.91 Å². The summed E-state index contributed by atoms with van der Waals surface area (Å²) in [5, 5.41) is 23.7. The van der Waals surface area contributed by atoms with Crippen molar-refractivity contribution in [1.82, 2.24) is 5.32 Å². The van der Waals surface area contributed by atoms with Gasteiger partial charge in [-0.05, 0) is 44.9 Å². The quantitative estimate of drug-likeness (QED) is 0.0322. The molecule has 0 rings (SSSR count). The fraction of sp³-hybridized carbons (Fsp3) is 0.815. The number of aliphatic hydroxyl groups excluding tert-OH is 2. The SMILES string of the molecule is CCCCC/C=C\C/C=C\C/C=C\C/C=C\CC(CC(=O)NC(CO)C(O)CCCCCCCCCCCC)OC(=O)CCCCCCCCCCCCCCCCCC. The highest BCUT2D eigenvalue weighted by Crippen LogP contribution is 2.17. The Morgan fingerprint density at radius 3 is 1.33 bits per heavy atom. The number of hydrogen-bond donors (Lipinski definition) is 3. The number of carbonyl (C=O) groups excluding carboxylic acids is 2. The van der Waals surface area contributed by atoms with Crippen molar-refractivity contribution >= 4 is 11.9 Å². The number of unbranched alkanes of at least 4 members (excludes halogenated alkanes) is 27. The van der Waals surface area contributed by atoms with Crippen LogP contribution in [0.1, 0.15) is 258 Å². The molecule has 0 saturated carbocycles. The molecule has 0 spiro atoms. The second kappa shape index (κ2) is 47.9. The minimum Gasteiger partial charge on any atom is -0.461 e. The van der Waals surface area contributed by atoms with Gasteiger partial charge in [-0.2, -0.15) is 0 Å². The normalized spacial score (nSPS) is 13.6. The average molecular weight is 842 g/mol. The van der Waals surface area contributed by atoms with Crippen LogP contribution in [0.4, 0.5) is 0 Å². The van der Waals surface area contributed by atoms with Crippen LogP contribution in [-0.4, -0.2) is 46.9 Å². The molecule has 0 aromatic heterocycles. The molecular weight excluding hydrogens is 743 g/mol. The van der Waals surface area contributed by atoms with Gasteiger partial charge in [0.05, 0.1) is 25.2 Å². The van der Waals surface area contributed by atoms with Crippen molar-refractivity contribution in [3.8, 4) is 0 Å². The number of carbonyl (C=O) groups is 2. The van der Waals surface area contributed by atoms with Gasteiger partial charge < -0.3 is 20.3 Å². The molecule has 0 radical (unpaired) electrons. The second-order valence-corrected chi connectivity index (χ2v) is 17.6. The van der Waals surface area contributed by atoms with E-state index in [9.17, 15) is 19.8 Å². The van der Waals surface area contributed by atoms with Crippen molar-refractivity contribution in [1.29, 1.82) is 0 Å². The van der Waals surface area contributed by atoms with Crippen molar-refractivity contribution in [3.05, 3.63) is 48.6 Å². The highest BCUT2D eigenvalue weighted by molar-refractivity contribution is 5.77. The van der Waals surface area contributed by atoms with Crippen LogP contribution < -0.4 is 5.32 Å². The van der Waals surface area contributed by atoms with E-state index in [-0.39, 0.29) is 24.9 Å². The summed E-state index contributed by atoms with van der Waals surface area (Å²) in [7, 11) is 0. The molecule has 0 heterocycles. The molecule has 0 saturated heterocycles. The first-order valence-electron chi connectivity index (χ1n) is 25.9. The van der Waals surface area contributed by atoms with Crippen molar-refractivity contribution in [2.24, 2.45) is 0 Å². The number of ether oxygens (including phenoxy) is 1. The number of nitrogens with one attached hydrogen (secondary N) is 1. The molecule has 350 valence electrons. The molecule has 6 heteroatoms. The number of amides is 1. The summed E-state index contributed by atoms with van der Waals surface area (Å²) in [5.74, 6) is -0.568. The molecule has 0 fully saturated rings. The van der Waals surface area contributed by atoms with E-state index in [0.717, 1.165) is 57.8 Å². The Bertz CT molecular complexity index is 1040. The molecule has 0 aromatic carbocycles. The first-order chi connectivity index (χ1) is 29.5. The van der Waals surface area contributed by atoms with E-state index < -0.39 is 18.2 Å². The molecule has 1 amide bonds. The van der Waals surface area contributed by atoms with Crippen LogP contribution in [0.15, 0.2) is 48.6 Å². The summed E-state index contributed by atoms with van der Waals surface area (Å²) in [6.45, 7) is 6.42. The van der Waals surface area contributed by atoms with Gasteiger partial charge in [-0.15, -0.1) is 0 Å². The summed E-state index contributed by atoms with van der Waals surface area (Å²) in [5.41, 5.74) is 0. The van der Waals surface area contributed by atoms with E-state index in [0.29, 0.717) is 19.3 Å². The summed E-state index contributed by atoms with van der Waals surface area (Å²) in [4.78, 5) is 26.1. The lowest BCUT2D eigenvalue weighted by atomic mass is 10.0. The molecule has 0 aliphatic carbocycles. The minimum absolute atomic E-state index is 0.00417. The molecule has 0 aromatic rings. The summed E-state index contributed by atoms with van der Waals surface area (Å²) < 4.78 is 5.87. The van der Waals surface area contributed by atoms with Crippen molar-refractivity contribution in [2.75, 3.05) is 6.61 Å². The molecule has 0 bridgehead atoms. The van der Waals surface area contributed by atoms with Crippen LogP contribution in [0.5, 0.6) is 0 Å². The smallest absolute Gasteiger partial charge is 0.306 e. The van der Waals surface area contributed by atoms with Gasteiger partial charge in [-0.1, -0.05) is 243 Å². The van der Waals surface area contributed by atoms with Crippen molar-refractivity contribution < 1.29 is 24.5 Å². The first-order valence-corrected chi connectivity index (χ1v) is 25.9. The minimum atomic E-state index is -0.808. The molecule has 3 unspecified atom stereocenters. The molecule has 6 nitrogen and oxygen atoms in total. The van der Waals surface area contributed by atoms with Crippen molar-refractivity contribution in [3.63, 3.8) is 0 Å². The number of aliphatic hydroxyl groups is 2. The van der Waals surface area contributed by atoms with E-state index in [1.807, 2.05) is 6.08 Å². The van der Waals surface area contributed by atoms with Gasteiger partial charge in [0, 0.05) is 12.8 Å². The van der Waals surface area contributed by atoms with Crippen LogP contribution in [0, 0.1) is 0 Å². The lowest BCUT2D eigenvalue weighted by Gasteiger charge is -2.24. The molecular formula is C54H99NO5.